The van der Waals surface area contributed by atoms with E-state index in [1.165, 1.54) is 37.7 Å². The minimum absolute atomic E-state index is 0.524. The van der Waals surface area contributed by atoms with Crippen molar-refractivity contribution in [2.24, 2.45) is 17.8 Å². The van der Waals surface area contributed by atoms with Crippen molar-refractivity contribution in [1.82, 2.24) is 5.32 Å². The van der Waals surface area contributed by atoms with Gasteiger partial charge in [-0.3, -0.25) is 0 Å². The fourth-order valence-corrected chi connectivity index (χ4v) is 5.94. The molecule has 1 N–H and O–H groups in total. The highest BCUT2D eigenvalue weighted by Gasteiger charge is 2.55. The molecule has 4 aliphatic carbocycles. The number of hydrogen-bond acceptors (Lipinski definition) is 1. The van der Waals surface area contributed by atoms with E-state index in [9.17, 15) is 0 Å². The maximum atomic E-state index is 3.63. The maximum absolute atomic E-state index is 3.63. The highest BCUT2D eigenvalue weighted by Crippen LogP contribution is 2.60. The van der Waals surface area contributed by atoms with Crippen LogP contribution in [0.4, 0.5) is 0 Å². The van der Waals surface area contributed by atoms with Crippen molar-refractivity contribution in [1.29, 1.82) is 0 Å². The molecule has 4 bridgehead atoms. The van der Waals surface area contributed by atoms with Crippen LogP contribution in [0.25, 0.3) is 0 Å². The van der Waals surface area contributed by atoms with Crippen molar-refractivity contribution in [3.63, 3.8) is 0 Å². The van der Waals surface area contributed by atoms with Crippen molar-refractivity contribution in [3.05, 3.63) is 35.4 Å². The molecule has 1 aromatic carbocycles. The minimum Gasteiger partial charge on any atom is -0.316 e. The Morgan fingerprint density at radius 1 is 1.05 bits per heavy atom. The first-order valence-electron chi connectivity index (χ1n) is 8.51. The third-order valence-electron chi connectivity index (χ3n) is 6.58. The lowest BCUT2D eigenvalue weighted by Gasteiger charge is -2.60. The molecule has 4 aliphatic rings. The molecule has 0 radical (unpaired) electrons. The monoisotopic (exact) mass is 269 g/mol. The molecular weight excluding hydrogens is 242 g/mol. The van der Waals surface area contributed by atoms with Crippen LogP contribution in [0.5, 0.6) is 0 Å². The Labute approximate surface area is 123 Å². The van der Waals surface area contributed by atoms with E-state index < -0.39 is 0 Å². The molecule has 4 fully saturated rings. The quantitative estimate of drug-likeness (QED) is 0.877. The predicted octanol–water partition coefficient (Wildman–Crippen LogP) is 3.91. The second-order valence-corrected chi connectivity index (χ2v) is 7.62. The van der Waals surface area contributed by atoms with Crippen molar-refractivity contribution in [2.45, 2.75) is 56.9 Å². The summed E-state index contributed by atoms with van der Waals surface area (Å²) in [5, 5.41) is 3.63. The fraction of sp³-hybridized carbons (Fsp3) is 0.684. The fourth-order valence-electron chi connectivity index (χ4n) is 5.94. The number of nitrogens with one attached hydrogen (secondary N) is 1. The number of benzene rings is 1. The highest BCUT2D eigenvalue weighted by molar-refractivity contribution is 5.32. The summed E-state index contributed by atoms with van der Waals surface area (Å²) in [4.78, 5) is 0. The van der Waals surface area contributed by atoms with E-state index in [0.717, 1.165) is 30.2 Å². The smallest absolute Gasteiger partial charge is 0.0121 e. The molecule has 5 rings (SSSR count). The lowest BCUT2D eigenvalue weighted by molar-refractivity contribution is -0.0326. The first-order valence-corrected chi connectivity index (χ1v) is 8.51. The lowest BCUT2D eigenvalue weighted by atomic mass is 9.46. The zero-order valence-electron chi connectivity index (χ0n) is 12.9. The number of aryl methyl sites for hydroxylation is 1. The van der Waals surface area contributed by atoms with E-state index in [-0.39, 0.29) is 0 Å². The van der Waals surface area contributed by atoms with Crippen molar-refractivity contribution in [3.8, 4) is 0 Å². The molecular formula is C19H27N. The van der Waals surface area contributed by atoms with Crippen molar-refractivity contribution < 1.29 is 0 Å². The van der Waals surface area contributed by atoms with Crippen molar-refractivity contribution >= 4 is 0 Å². The van der Waals surface area contributed by atoms with E-state index in [1.807, 2.05) is 0 Å². The van der Waals surface area contributed by atoms with Gasteiger partial charge >= 0.3 is 0 Å². The van der Waals surface area contributed by atoms with E-state index >= 15 is 0 Å². The van der Waals surface area contributed by atoms with Gasteiger partial charge in [-0.05, 0) is 79.9 Å². The van der Waals surface area contributed by atoms with Gasteiger partial charge in [0.1, 0.15) is 0 Å². The van der Waals surface area contributed by atoms with Crippen LogP contribution in [0.1, 0.15) is 50.2 Å². The van der Waals surface area contributed by atoms with Gasteiger partial charge in [-0.2, -0.15) is 0 Å². The Morgan fingerprint density at radius 3 is 2.25 bits per heavy atom. The van der Waals surface area contributed by atoms with Crippen molar-refractivity contribution in [2.75, 3.05) is 7.05 Å². The van der Waals surface area contributed by atoms with E-state index in [2.05, 4.69) is 43.6 Å². The Kier molecular flexibility index (Phi) is 2.96. The summed E-state index contributed by atoms with van der Waals surface area (Å²) in [6.07, 6.45) is 8.44. The molecule has 0 amide bonds. The largest absolute Gasteiger partial charge is 0.316 e. The molecule has 1 aromatic rings. The third kappa shape index (κ3) is 1.79. The number of hydrogen-bond donors (Lipinski definition) is 1. The molecule has 0 aromatic heterocycles. The second-order valence-electron chi connectivity index (χ2n) is 7.62. The summed E-state index contributed by atoms with van der Waals surface area (Å²) in [5.74, 6) is 2.86. The van der Waals surface area contributed by atoms with E-state index in [4.69, 9.17) is 0 Å². The minimum atomic E-state index is 0.524. The summed E-state index contributed by atoms with van der Waals surface area (Å²) in [6, 6.07) is 10.4. The standard InChI is InChI=1S/C19H27N/c1-3-13-4-6-17(7-5-13)19-10-14-8-15(11-19)18(20-2)16(9-14)12-19/h4-7,14-16,18,20H,3,8-12H2,1-2H3. The molecule has 108 valence electrons. The Morgan fingerprint density at radius 2 is 1.70 bits per heavy atom. The summed E-state index contributed by atoms with van der Waals surface area (Å²) in [5.41, 5.74) is 3.64. The van der Waals surface area contributed by atoms with Crippen LogP contribution in [-0.2, 0) is 11.8 Å². The average molecular weight is 269 g/mol. The normalized spacial score (nSPS) is 42.1. The number of rotatable bonds is 3. The first-order chi connectivity index (χ1) is 9.74. The van der Waals surface area contributed by atoms with Crippen LogP contribution in [0.15, 0.2) is 24.3 Å². The first kappa shape index (κ1) is 12.9. The summed E-state index contributed by atoms with van der Waals surface area (Å²) < 4.78 is 0. The Hall–Kier alpha value is -0.820. The van der Waals surface area contributed by atoms with Crippen LogP contribution in [0.2, 0.25) is 0 Å². The lowest BCUT2D eigenvalue weighted by Crippen LogP contribution is -2.59. The Balaban J connectivity index is 1.67. The highest BCUT2D eigenvalue weighted by atomic mass is 14.9. The molecule has 20 heavy (non-hydrogen) atoms. The predicted molar refractivity (Wildman–Crippen MR) is 83.9 cm³/mol. The van der Waals surface area contributed by atoms with Gasteiger partial charge in [-0.1, -0.05) is 31.2 Å². The summed E-state index contributed by atoms with van der Waals surface area (Å²) in [6.45, 7) is 2.25. The van der Waals surface area contributed by atoms with Gasteiger partial charge in [0, 0.05) is 6.04 Å². The van der Waals surface area contributed by atoms with E-state index in [1.54, 1.807) is 5.56 Å². The SMILES string of the molecule is CCc1ccc(C23CC4CC(C2)C(NC)C(C4)C3)cc1. The van der Waals surface area contributed by atoms with Gasteiger partial charge in [-0.15, -0.1) is 0 Å². The van der Waals surface area contributed by atoms with Gasteiger partial charge in [-0.25, -0.2) is 0 Å². The topological polar surface area (TPSA) is 12.0 Å². The van der Waals surface area contributed by atoms with Crippen LogP contribution in [0.3, 0.4) is 0 Å². The van der Waals surface area contributed by atoms with Crippen LogP contribution >= 0.6 is 0 Å². The van der Waals surface area contributed by atoms with Crippen LogP contribution in [-0.4, -0.2) is 13.1 Å². The maximum Gasteiger partial charge on any atom is 0.0121 e. The molecule has 2 atom stereocenters. The molecule has 0 heterocycles. The third-order valence-corrected chi connectivity index (χ3v) is 6.58. The average Bonchev–Trinajstić information content (AvgIpc) is 2.47. The van der Waals surface area contributed by atoms with Gasteiger partial charge < -0.3 is 5.32 Å². The molecule has 1 heteroatoms. The van der Waals surface area contributed by atoms with E-state index in [0.29, 0.717) is 5.41 Å². The molecule has 4 saturated carbocycles. The van der Waals surface area contributed by atoms with Gasteiger partial charge in [0.25, 0.3) is 0 Å². The molecule has 1 nitrogen and oxygen atoms in total. The molecule has 0 saturated heterocycles. The Bertz CT molecular complexity index is 473. The van der Waals surface area contributed by atoms with Gasteiger partial charge in [0.05, 0.1) is 0 Å². The second kappa shape index (κ2) is 4.59. The van der Waals surface area contributed by atoms with Gasteiger partial charge in [0.15, 0.2) is 0 Å². The molecule has 2 unspecified atom stereocenters. The van der Waals surface area contributed by atoms with Crippen LogP contribution < -0.4 is 5.32 Å². The summed E-state index contributed by atoms with van der Waals surface area (Å²) in [7, 11) is 2.18. The zero-order valence-corrected chi connectivity index (χ0v) is 12.9. The zero-order chi connectivity index (χ0) is 13.7. The summed E-state index contributed by atoms with van der Waals surface area (Å²) >= 11 is 0. The molecule has 0 spiro atoms. The molecule has 0 aliphatic heterocycles. The van der Waals surface area contributed by atoms with Crippen LogP contribution in [0, 0.1) is 17.8 Å². The van der Waals surface area contributed by atoms with Gasteiger partial charge in [0.2, 0.25) is 0 Å².